The maximum absolute atomic E-state index is 12.8. The topological polar surface area (TPSA) is 73.2 Å². The molecule has 1 N–H and O–H groups in total. The summed E-state index contributed by atoms with van der Waals surface area (Å²) in [6, 6.07) is 1.18. The number of halogens is 2. The number of nitrogens with one attached hydrogen (secondary N) is 1. The number of alkyl halides is 2. The van der Waals surface area contributed by atoms with Gasteiger partial charge in [-0.1, -0.05) is 0 Å². The summed E-state index contributed by atoms with van der Waals surface area (Å²) in [6.45, 7) is 2.46. The molecule has 2 aromatic heterocycles. The fourth-order valence-corrected chi connectivity index (χ4v) is 3.02. The van der Waals surface area contributed by atoms with Gasteiger partial charge in [-0.3, -0.25) is 4.79 Å². The Balaban J connectivity index is 2.33. The van der Waals surface area contributed by atoms with Gasteiger partial charge >= 0.3 is 12.5 Å². The lowest BCUT2D eigenvalue weighted by Gasteiger charge is -2.08. The second kappa shape index (κ2) is 6.86. The summed E-state index contributed by atoms with van der Waals surface area (Å²) in [7, 11) is 0. The highest BCUT2D eigenvalue weighted by Crippen LogP contribution is 2.33. The average molecular weight is 343 g/mol. The first kappa shape index (κ1) is 17.1. The first-order valence-electron chi connectivity index (χ1n) is 6.76. The second-order valence-corrected chi connectivity index (χ2v) is 5.83. The van der Waals surface area contributed by atoms with E-state index in [1.165, 1.54) is 17.4 Å². The molecule has 0 aliphatic carbocycles. The van der Waals surface area contributed by atoms with Crippen LogP contribution in [0.4, 0.5) is 13.8 Å². The van der Waals surface area contributed by atoms with Gasteiger partial charge in [-0.25, -0.2) is 4.79 Å². The Labute approximate surface area is 135 Å². The summed E-state index contributed by atoms with van der Waals surface area (Å²) >= 11 is 1.19. The van der Waals surface area contributed by atoms with Gasteiger partial charge in [-0.05, 0) is 32.4 Å². The highest BCUT2D eigenvalue weighted by molar-refractivity contribution is 7.16. The van der Waals surface area contributed by atoms with Gasteiger partial charge in [0, 0.05) is 11.1 Å². The summed E-state index contributed by atoms with van der Waals surface area (Å²) < 4.78 is 30.9. The van der Waals surface area contributed by atoms with E-state index in [2.05, 4.69) is 10.4 Å². The fourth-order valence-electron chi connectivity index (χ4n) is 1.98. The normalized spacial score (nSPS) is 10.9. The summed E-state index contributed by atoms with van der Waals surface area (Å²) in [6.07, 6.45) is 1.11. The standard InChI is InChI=1S/C14H15F2N3O3S/c1-4-22-13(21)10-7(2)8(3)23-12(10)18-11(20)9-5-6-17-19(9)14(15)16/h5-6,14H,4H2,1-3H3,(H,18,20). The predicted octanol–water partition coefficient (Wildman–Crippen LogP) is 3.39. The largest absolute Gasteiger partial charge is 0.462 e. The quantitative estimate of drug-likeness (QED) is 0.845. The molecule has 0 atom stereocenters. The van der Waals surface area contributed by atoms with Gasteiger partial charge in [0.1, 0.15) is 10.7 Å². The van der Waals surface area contributed by atoms with Crippen LogP contribution in [0, 0.1) is 13.8 Å². The molecule has 6 nitrogen and oxygen atoms in total. The third-order valence-electron chi connectivity index (χ3n) is 3.18. The van der Waals surface area contributed by atoms with Crippen molar-refractivity contribution in [3.05, 3.63) is 34.0 Å². The highest BCUT2D eigenvalue weighted by atomic mass is 32.1. The Hall–Kier alpha value is -2.29. The van der Waals surface area contributed by atoms with Crippen LogP contribution in [-0.2, 0) is 4.74 Å². The van der Waals surface area contributed by atoms with Gasteiger partial charge in [0.2, 0.25) is 0 Å². The maximum atomic E-state index is 12.8. The Morgan fingerprint density at radius 1 is 1.43 bits per heavy atom. The van der Waals surface area contributed by atoms with Crippen molar-refractivity contribution in [2.45, 2.75) is 27.3 Å². The van der Waals surface area contributed by atoms with Gasteiger partial charge in [0.25, 0.3) is 5.91 Å². The molecule has 1 amide bonds. The summed E-state index contributed by atoms with van der Waals surface area (Å²) in [5.74, 6) is -1.33. The van der Waals surface area contributed by atoms with Gasteiger partial charge in [-0.2, -0.15) is 18.6 Å². The minimum atomic E-state index is -2.93. The van der Waals surface area contributed by atoms with E-state index in [9.17, 15) is 18.4 Å². The van der Waals surface area contributed by atoms with Crippen LogP contribution in [0.1, 0.15) is 44.8 Å². The number of anilines is 1. The molecule has 9 heteroatoms. The number of aromatic nitrogens is 2. The molecule has 0 aliphatic heterocycles. The molecule has 0 radical (unpaired) electrons. The number of aryl methyl sites for hydroxylation is 1. The molecule has 124 valence electrons. The molecule has 23 heavy (non-hydrogen) atoms. The molecular formula is C14H15F2N3O3S. The number of carbonyl (C=O) groups excluding carboxylic acids is 2. The van der Waals surface area contributed by atoms with Crippen molar-refractivity contribution >= 4 is 28.2 Å². The zero-order chi connectivity index (χ0) is 17.1. The fraction of sp³-hybridized carbons (Fsp3) is 0.357. The van der Waals surface area contributed by atoms with Crippen LogP contribution >= 0.6 is 11.3 Å². The van der Waals surface area contributed by atoms with E-state index in [4.69, 9.17) is 4.74 Å². The van der Waals surface area contributed by atoms with Crippen molar-refractivity contribution < 1.29 is 23.1 Å². The van der Waals surface area contributed by atoms with E-state index in [-0.39, 0.29) is 22.9 Å². The van der Waals surface area contributed by atoms with E-state index >= 15 is 0 Å². The van der Waals surface area contributed by atoms with Crippen molar-refractivity contribution in [3.63, 3.8) is 0 Å². The number of rotatable bonds is 5. The van der Waals surface area contributed by atoms with E-state index in [0.717, 1.165) is 11.1 Å². The van der Waals surface area contributed by atoms with Gasteiger partial charge in [0.05, 0.1) is 12.2 Å². The smallest absolute Gasteiger partial charge is 0.341 e. The second-order valence-electron chi connectivity index (χ2n) is 4.60. The number of hydrogen-bond donors (Lipinski definition) is 1. The SMILES string of the molecule is CCOC(=O)c1c(NC(=O)c2ccnn2C(F)F)sc(C)c1C. The lowest BCUT2D eigenvalue weighted by molar-refractivity contribution is 0.0516. The number of ether oxygens (including phenoxy) is 1. The van der Waals surface area contributed by atoms with Crippen molar-refractivity contribution in [3.8, 4) is 0 Å². The summed E-state index contributed by atoms with van der Waals surface area (Å²) in [5.41, 5.74) is 0.635. The van der Waals surface area contributed by atoms with Crippen LogP contribution in [0.5, 0.6) is 0 Å². The van der Waals surface area contributed by atoms with E-state index in [1.54, 1.807) is 20.8 Å². The number of nitrogens with zero attached hydrogens (tertiary/aromatic N) is 2. The number of hydrogen-bond acceptors (Lipinski definition) is 5. The van der Waals surface area contributed by atoms with E-state index in [0.29, 0.717) is 10.2 Å². The minimum Gasteiger partial charge on any atom is -0.462 e. The molecule has 0 bridgehead atoms. The highest BCUT2D eigenvalue weighted by Gasteiger charge is 2.24. The molecular weight excluding hydrogens is 328 g/mol. The van der Waals surface area contributed by atoms with Gasteiger partial charge in [0.15, 0.2) is 0 Å². The van der Waals surface area contributed by atoms with Crippen molar-refractivity contribution in [1.82, 2.24) is 9.78 Å². The third kappa shape index (κ3) is 3.39. The van der Waals surface area contributed by atoms with E-state index < -0.39 is 18.4 Å². The monoisotopic (exact) mass is 343 g/mol. The molecule has 0 aliphatic rings. The van der Waals surface area contributed by atoms with Crippen LogP contribution in [0.3, 0.4) is 0 Å². The molecule has 0 spiro atoms. The van der Waals surface area contributed by atoms with Crippen LogP contribution < -0.4 is 5.32 Å². The Morgan fingerprint density at radius 3 is 2.74 bits per heavy atom. The Kier molecular flexibility index (Phi) is 5.09. The zero-order valence-corrected chi connectivity index (χ0v) is 13.5. The van der Waals surface area contributed by atoms with Crippen molar-refractivity contribution in [1.29, 1.82) is 0 Å². The van der Waals surface area contributed by atoms with Crippen molar-refractivity contribution in [2.75, 3.05) is 11.9 Å². The average Bonchev–Trinajstić information content (AvgIpc) is 3.05. The van der Waals surface area contributed by atoms with Gasteiger partial charge in [-0.15, -0.1) is 11.3 Å². The number of esters is 1. The molecule has 2 heterocycles. The molecule has 0 saturated carbocycles. The van der Waals surface area contributed by atoms with Crippen LogP contribution in [0.2, 0.25) is 0 Å². The summed E-state index contributed by atoms with van der Waals surface area (Å²) in [5, 5.41) is 6.17. The van der Waals surface area contributed by atoms with Crippen molar-refractivity contribution in [2.24, 2.45) is 0 Å². The van der Waals surface area contributed by atoms with Crippen LogP contribution in [-0.4, -0.2) is 28.3 Å². The predicted molar refractivity (Wildman–Crippen MR) is 81.2 cm³/mol. The molecule has 0 unspecified atom stereocenters. The van der Waals surface area contributed by atoms with E-state index in [1.807, 2.05) is 0 Å². The number of amides is 1. The first-order chi connectivity index (χ1) is 10.9. The third-order valence-corrected chi connectivity index (χ3v) is 4.30. The first-order valence-corrected chi connectivity index (χ1v) is 7.58. The lowest BCUT2D eigenvalue weighted by Crippen LogP contribution is -2.19. The lowest BCUT2D eigenvalue weighted by atomic mass is 10.1. The van der Waals surface area contributed by atoms with Gasteiger partial charge < -0.3 is 10.1 Å². The summed E-state index contributed by atoms with van der Waals surface area (Å²) in [4.78, 5) is 25.1. The zero-order valence-electron chi connectivity index (χ0n) is 12.7. The minimum absolute atomic E-state index is 0.193. The molecule has 2 aromatic rings. The number of thiophene rings is 1. The molecule has 2 rings (SSSR count). The molecule has 0 saturated heterocycles. The number of carbonyl (C=O) groups is 2. The Morgan fingerprint density at radius 2 is 2.13 bits per heavy atom. The maximum Gasteiger partial charge on any atom is 0.341 e. The van der Waals surface area contributed by atoms with Crippen LogP contribution in [0.15, 0.2) is 12.3 Å². The molecule has 0 aromatic carbocycles. The molecule has 0 fully saturated rings. The Bertz CT molecular complexity index is 740. The van der Waals surface area contributed by atoms with Crippen LogP contribution in [0.25, 0.3) is 0 Å².